The summed E-state index contributed by atoms with van der Waals surface area (Å²) in [5.74, 6) is 3.39. The van der Waals surface area contributed by atoms with Crippen LogP contribution in [0.5, 0.6) is 0 Å². The Balaban J connectivity index is 1.77. The van der Waals surface area contributed by atoms with Crippen molar-refractivity contribution in [3.63, 3.8) is 0 Å². The molecule has 0 aliphatic heterocycles. The average Bonchev–Trinajstić information content (AvgIpc) is 2.81. The Kier molecular flexibility index (Phi) is 8.16. The maximum atomic E-state index is 13.6. The number of anilines is 2. The highest BCUT2D eigenvalue weighted by Gasteiger charge is 2.34. The van der Waals surface area contributed by atoms with Crippen LogP contribution in [0.2, 0.25) is 0 Å². The minimum absolute atomic E-state index is 0.0179. The van der Waals surface area contributed by atoms with Gasteiger partial charge in [0.1, 0.15) is 0 Å². The van der Waals surface area contributed by atoms with Crippen molar-refractivity contribution in [2.24, 2.45) is 0 Å². The lowest BCUT2D eigenvalue weighted by Crippen LogP contribution is -2.14. The highest BCUT2D eigenvalue weighted by Crippen LogP contribution is 2.32. The van der Waals surface area contributed by atoms with Crippen molar-refractivity contribution in [3.8, 4) is 0 Å². The minimum Gasteiger partial charge on any atom is -0.469 e. The lowest BCUT2D eigenvalue weighted by Gasteiger charge is -2.14. The summed E-state index contributed by atoms with van der Waals surface area (Å²) >= 11 is 0. The van der Waals surface area contributed by atoms with Crippen LogP contribution in [-0.2, 0) is 44.5 Å². The fourth-order valence-electron chi connectivity index (χ4n) is 3.37. The molecule has 1 N–H and O–H groups in total. The Bertz CT molecular complexity index is 1290. The van der Waals surface area contributed by atoms with Gasteiger partial charge in [-0.25, -0.2) is 9.97 Å². The smallest absolute Gasteiger partial charge is 0.419 e. The number of aromatic nitrogens is 2. The second-order valence-electron chi connectivity index (χ2n) is 8.10. The number of halogens is 3. The number of rotatable bonds is 9. The maximum absolute atomic E-state index is 13.6. The van der Waals surface area contributed by atoms with Crippen molar-refractivity contribution in [2.75, 3.05) is 18.7 Å². The number of alkyl halides is 3. The summed E-state index contributed by atoms with van der Waals surface area (Å²) in [6, 6.07) is 13.9. The van der Waals surface area contributed by atoms with Crippen molar-refractivity contribution in [1.82, 2.24) is 9.97 Å². The third-order valence-electron chi connectivity index (χ3n) is 5.28. The minimum atomic E-state index is -4.60. The van der Waals surface area contributed by atoms with E-state index in [9.17, 15) is 22.2 Å². The number of hydrogen-bond acceptors (Lipinski definition) is 6. The molecule has 186 valence electrons. The van der Waals surface area contributed by atoms with Crippen LogP contribution in [0.1, 0.15) is 28.8 Å². The molecular weight excluding hydrogens is 479 g/mol. The topological polar surface area (TPSA) is 81.2 Å². The van der Waals surface area contributed by atoms with E-state index in [2.05, 4.69) is 25.9 Å². The van der Waals surface area contributed by atoms with Gasteiger partial charge in [0.25, 0.3) is 0 Å². The molecule has 0 bridgehead atoms. The number of nitrogens with zero attached hydrogens (tertiary/aromatic N) is 2. The number of aryl methyl sites for hydroxylation is 3. The third-order valence-corrected chi connectivity index (χ3v) is 6.53. The Labute approximate surface area is 202 Å². The molecule has 6 nitrogen and oxygen atoms in total. The average molecular weight is 506 g/mol. The molecule has 0 aliphatic carbocycles. The fourth-order valence-corrected chi connectivity index (χ4v) is 4.14. The van der Waals surface area contributed by atoms with E-state index in [1.807, 2.05) is 0 Å². The van der Waals surface area contributed by atoms with Gasteiger partial charge in [0.2, 0.25) is 5.95 Å². The molecule has 0 fully saturated rings. The van der Waals surface area contributed by atoms with Crippen LogP contribution in [0.25, 0.3) is 0 Å². The highest BCUT2D eigenvalue weighted by molar-refractivity contribution is 7.99. The number of methoxy groups -OCH3 is 1. The monoisotopic (exact) mass is 505 g/mol. The van der Waals surface area contributed by atoms with Gasteiger partial charge < -0.3 is 10.1 Å². The van der Waals surface area contributed by atoms with Crippen molar-refractivity contribution in [1.29, 1.82) is 0 Å². The van der Waals surface area contributed by atoms with Crippen molar-refractivity contribution < 1.29 is 26.9 Å². The standard InChI is InChI=1S/C25H26F3N3O3S/c1-34-23(32)14-10-17-7-11-19(12-8-17)30-24-29-16-21(25(26,27)28)22(31-24)13-9-18-5-4-6-20(15-18)35(2,3)33/h4-8,11-12,15-16H,2,9-10,13-14H2,1,3H3,(H,29,30,31). The SMILES string of the molecule is C=S(C)(=O)c1cccc(CCc2nc(Nc3ccc(CCC(=O)OC)cc3)ncc2C(F)(F)F)c1. The predicted molar refractivity (Wildman–Crippen MR) is 130 cm³/mol. The van der Waals surface area contributed by atoms with Gasteiger partial charge in [-0.15, -0.1) is 0 Å². The normalized spacial score (nSPS) is 13.2. The summed E-state index contributed by atoms with van der Waals surface area (Å²) in [4.78, 5) is 19.8. The molecule has 35 heavy (non-hydrogen) atoms. The second kappa shape index (κ2) is 10.9. The summed E-state index contributed by atoms with van der Waals surface area (Å²) in [5, 5.41) is 2.93. The van der Waals surface area contributed by atoms with E-state index < -0.39 is 21.3 Å². The number of esters is 1. The number of hydrogen-bond donors (Lipinski definition) is 1. The molecule has 0 aliphatic rings. The lowest BCUT2D eigenvalue weighted by molar-refractivity contribution is -0.140. The van der Waals surface area contributed by atoms with Crippen molar-refractivity contribution in [2.45, 2.75) is 36.8 Å². The molecule has 0 saturated carbocycles. The highest BCUT2D eigenvalue weighted by atomic mass is 32.2. The van der Waals surface area contributed by atoms with E-state index in [-0.39, 0.29) is 36.9 Å². The van der Waals surface area contributed by atoms with E-state index in [4.69, 9.17) is 0 Å². The zero-order valence-electron chi connectivity index (χ0n) is 19.4. The van der Waals surface area contributed by atoms with Crippen LogP contribution >= 0.6 is 0 Å². The fraction of sp³-hybridized carbons (Fsp3) is 0.280. The predicted octanol–water partition coefficient (Wildman–Crippen LogP) is 4.83. The molecule has 2 aromatic carbocycles. The van der Waals surface area contributed by atoms with Gasteiger partial charge in [-0.1, -0.05) is 24.3 Å². The van der Waals surface area contributed by atoms with Crippen LogP contribution < -0.4 is 5.32 Å². The first-order valence-electron chi connectivity index (χ1n) is 10.7. The number of ether oxygens (including phenoxy) is 1. The van der Waals surface area contributed by atoms with E-state index in [1.165, 1.54) is 13.4 Å². The van der Waals surface area contributed by atoms with Gasteiger partial charge in [0.05, 0.1) is 18.4 Å². The Morgan fingerprint density at radius 1 is 1.09 bits per heavy atom. The van der Waals surface area contributed by atoms with Gasteiger partial charge >= 0.3 is 12.1 Å². The molecule has 1 aromatic heterocycles. The van der Waals surface area contributed by atoms with E-state index in [0.717, 1.165) is 17.3 Å². The first kappa shape index (κ1) is 26.2. The van der Waals surface area contributed by atoms with Gasteiger partial charge in [-0.05, 0) is 70.0 Å². The van der Waals surface area contributed by atoms with Crippen LogP contribution in [-0.4, -0.2) is 39.4 Å². The van der Waals surface area contributed by atoms with Crippen LogP contribution in [0.3, 0.4) is 0 Å². The molecule has 1 heterocycles. The van der Waals surface area contributed by atoms with Gasteiger partial charge in [0, 0.05) is 29.5 Å². The molecule has 0 saturated heterocycles. The molecule has 0 radical (unpaired) electrons. The Morgan fingerprint density at radius 3 is 2.43 bits per heavy atom. The largest absolute Gasteiger partial charge is 0.469 e. The summed E-state index contributed by atoms with van der Waals surface area (Å²) in [6.07, 6.45) is -1.25. The van der Waals surface area contributed by atoms with Gasteiger partial charge in [-0.3, -0.25) is 9.00 Å². The third kappa shape index (κ3) is 7.54. The number of carbonyl (C=O) groups excluding carboxylic acids is 1. The van der Waals surface area contributed by atoms with Crippen LogP contribution in [0, 0.1) is 0 Å². The van der Waals surface area contributed by atoms with Crippen molar-refractivity contribution >= 4 is 33.0 Å². The zero-order valence-corrected chi connectivity index (χ0v) is 20.2. The molecule has 0 amide bonds. The molecule has 3 rings (SSSR count). The van der Waals surface area contributed by atoms with Gasteiger partial charge in [0.15, 0.2) is 0 Å². The second-order valence-corrected chi connectivity index (χ2v) is 10.6. The Morgan fingerprint density at radius 2 is 1.80 bits per heavy atom. The quantitative estimate of drug-likeness (QED) is 0.331. The number of nitrogens with one attached hydrogen (secondary N) is 1. The lowest BCUT2D eigenvalue weighted by atomic mass is 10.1. The van der Waals surface area contributed by atoms with Crippen LogP contribution in [0.4, 0.5) is 24.8 Å². The Hall–Kier alpha value is -3.40. The number of benzene rings is 2. The number of carbonyl (C=O) groups is 1. The van der Waals surface area contributed by atoms with E-state index in [1.54, 1.807) is 48.5 Å². The summed E-state index contributed by atoms with van der Waals surface area (Å²) in [5.41, 5.74) is 1.22. The molecule has 10 heteroatoms. The summed E-state index contributed by atoms with van der Waals surface area (Å²) in [6.45, 7) is 0. The van der Waals surface area contributed by atoms with Gasteiger partial charge in [-0.2, -0.15) is 13.2 Å². The molecular formula is C25H26F3N3O3S. The molecule has 1 unspecified atom stereocenters. The first-order chi connectivity index (χ1) is 16.5. The van der Waals surface area contributed by atoms with Crippen molar-refractivity contribution in [3.05, 3.63) is 77.1 Å². The van der Waals surface area contributed by atoms with E-state index in [0.29, 0.717) is 17.0 Å². The first-order valence-corrected chi connectivity index (χ1v) is 12.9. The summed E-state index contributed by atoms with van der Waals surface area (Å²) in [7, 11) is -1.10. The molecule has 3 aromatic rings. The molecule has 0 spiro atoms. The zero-order chi connectivity index (χ0) is 25.6. The summed E-state index contributed by atoms with van der Waals surface area (Å²) < 4.78 is 57.6. The van der Waals surface area contributed by atoms with Crippen LogP contribution in [0.15, 0.2) is 59.6 Å². The molecule has 1 atom stereocenters. The van der Waals surface area contributed by atoms with E-state index >= 15 is 0 Å². The maximum Gasteiger partial charge on any atom is 0.419 e.